The molecule has 1 aromatic heterocycles. The summed E-state index contributed by atoms with van der Waals surface area (Å²) in [5, 5.41) is 9.89. The highest BCUT2D eigenvalue weighted by Gasteiger charge is 2.17. The van der Waals surface area contributed by atoms with Crippen molar-refractivity contribution in [3.8, 4) is 17.6 Å². The van der Waals surface area contributed by atoms with E-state index in [1.165, 1.54) is 0 Å². The molecule has 0 aliphatic rings. The predicted molar refractivity (Wildman–Crippen MR) is 80.5 cm³/mol. The number of nitrogens with zero attached hydrogens (tertiary/aromatic N) is 1. The van der Waals surface area contributed by atoms with E-state index in [1.54, 1.807) is 24.3 Å². The average Bonchev–Trinajstić information content (AvgIpc) is 2.87. The van der Waals surface area contributed by atoms with Crippen molar-refractivity contribution >= 4 is 33.2 Å². The summed E-state index contributed by atoms with van der Waals surface area (Å²) in [6, 6.07) is 14.2. The van der Waals surface area contributed by atoms with Crippen molar-refractivity contribution in [2.45, 2.75) is 0 Å². The Morgan fingerprint density at radius 1 is 1.24 bits per heavy atom. The van der Waals surface area contributed by atoms with Gasteiger partial charge in [0.15, 0.2) is 5.75 Å². The zero-order chi connectivity index (χ0) is 14.8. The van der Waals surface area contributed by atoms with E-state index in [2.05, 4.69) is 15.9 Å². The monoisotopic (exact) mass is 341 g/mol. The molecule has 0 fully saturated rings. The molecular weight excluding hydrogens is 334 g/mol. The van der Waals surface area contributed by atoms with Crippen molar-refractivity contribution in [1.82, 2.24) is 0 Å². The van der Waals surface area contributed by atoms with Crippen LogP contribution in [0.3, 0.4) is 0 Å². The molecule has 3 rings (SSSR count). The molecular formula is C16H8BrNO3. The molecule has 0 N–H and O–H groups in total. The molecule has 0 aliphatic heterocycles. The van der Waals surface area contributed by atoms with E-state index in [1.807, 2.05) is 24.3 Å². The molecule has 0 unspecified atom stereocenters. The van der Waals surface area contributed by atoms with Crippen LogP contribution in [-0.2, 0) is 0 Å². The van der Waals surface area contributed by atoms with Crippen molar-refractivity contribution in [2.24, 2.45) is 0 Å². The molecule has 0 spiro atoms. The van der Waals surface area contributed by atoms with Gasteiger partial charge in [-0.25, -0.2) is 0 Å². The van der Waals surface area contributed by atoms with Crippen LogP contribution in [-0.4, -0.2) is 6.29 Å². The molecule has 0 aliphatic carbocycles. The normalized spacial score (nSPS) is 10.3. The highest BCUT2D eigenvalue weighted by atomic mass is 79.9. The minimum Gasteiger partial charge on any atom is -0.451 e. The first-order valence-corrected chi connectivity index (χ1v) is 6.86. The highest BCUT2D eigenvalue weighted by molar-refractivity contribution is 9.10. The lowest BCUT2D eigenvalue weighted by atomic mass is 10.2. The van der Waals surface area contributed by atoms with Crippen LogP contribution < -0.4 is 4.74 Å². The number of aldehydes is 1. The standard InChI is InChI=1S/C16H8BrNO3/c17-12-7-10(9-19)5-6-14(12)21-16-11-3-1-2-4-13(11)20-15(16)8-18/h1-7,9H. The van der Waals surface area contributed by atoms with Gasteiger partial charge in [-0.15, -0.1) is 0 Å². The second-order valence-electron chi connectivity index (χ2n) is 4.28. The highest BCUT2D eigenvalue weighted by Crippen LogP contribution is 2.38. The summed E-state index contributed by atoms with van der Waals surface area (Å²) in [6.45, 7) is 0. The fourth-order valence-corrected chi connectivity index (χ4v) is 2.46. The molecule has 0 radical (unpaired) electrons. The Bertz CT molecular complexity index is 877. The van der Waals surface area contributed by atoms with Gasteiger partial charge in [-0.05, 0) is 46.3 Å². The van der Waals surface area contributed by atoms with Gasteiger partial charge >= 0.3 is 0 Å². The Labute approximate surface area is 128 Å². The Balaban J connectivity index is 2.10. The van der Waals surface area contributed by atoms with E-state index in [4.69, 9.17) is 14.4 Å². The summed E-state index contributed by atoms with van der Waals surface area (Å²) in [7, 11) is 0. The van der Waals surface area contributed by atoms with Crippen LogP contribution in [0.1, 0.15) is 16.1 Å². The summed E-state index contributed by atoms with van der Waals surface area (Å²) in [6.07, 6.45) is 0.752. The van der Waals surface area contributed by atoms with Gasteiger partial charge < -0.3 is 9.15 Å². The number of halogens is 1. The minimum atomic E-state index is 0.113. The largest absolute Gasteiger partial charge is 0.451 e. The van der Waals surface area contributed by atoms with Gasteiger partial charge in [-0.3, -0.25) is 4.79 Å². The Morgan fingerprint density at radius 2 is 2.05 bits per heavy atom. The van der Waals surface area contributed by atoms with E-state index >= 15 is 0 Å². The Hall–Kier alpha value is -2.58. The van der Waals surface area contributed by atoms with Crippen molar-refractivity contribution in [3.05, 3.63) is 58.3 Å². The molecule has 0 atom stereocenters. The van der Waals surface area contributed by atoms with Gasteiger partial charge in [0.05, 0.1) is 9.86 Å². The van der Waals surface area contributed by atoms with Gasteiger partial charge in [0, 0.05) is 5.56 Å². The first kappa shape index (κ1) is 13.4. The average molecular weight is 342 g/mol. The number of ether oxygens (including phenoxy) is 1. The number of carbonyl (C=O) groups is 1. The maximum Gasteiger partial charge on any atom is 0.247 e. The quantitative estimate of drug-likeness (QED) is 0.649. The first-order chi connectivity index (χ1) is 10.2. The maximum atomic E-state index is 10.7. The van der Waals surface area contributed by atoms with E-state index < -0.39 is 0 Å². The van der Waals surface area contributed by atoms with Crippen molar-refractivity contribution in [2.75, 3.05) is 0 Å². The number of rotatable bonds is 3. The summed E-state index contributed by atoms with van der Waals surface area (Å²) in [5.74, 6) is 0.985. The van der Waals surface area contributed by atoms with Crippen LogP contribution in [0.5, 0.6) is 11.5 Å². The molecule has 0 saturated heterocycles. The van der Waals surface area contributed by atoms with E-state index in [0.717, 1.165) is 11.7 Å². The van der Waals surface area contributed by atoms with Crippen LogP contribution in [0.2, 0.25) is 0 Å². The molecule has 2 aromatic carbocycles. The number of para-hydroxylation sites is 1. The number of benzene rings is 2. The van der Waals surface area contributed by atoms with Crippen molar-refractivity contribution < 1.29 is 13.9 Å². The molecule has 102 valence electrons. The number of hydrogen-bond acceptors (Lipinski definition) is 4. The third kappa shape index (κ3) is 2.41. The van der Waals surface area contributed by atoms with Crippen molar-refractivity contribution in [1.29, 1.82) is 5.26 Å². The summed E-state index contributed by atoms with van der Waals surface area (Å²) in [5.41, 5.74) is 1.12. The van der Waals surface area contributed by atoms with Gasteiger partial charge in [-0.1, -0.05) is 12.1 Å². The fraction of sp³-hybridized carbons (Fsp3) is 0. The van der Waals surface area contributed by atoms with Gasteiger partial charge in [0.25, 0.3) is 0 Å². The smallest absolute Gasteiger partial charge is 0.247 e. The zero-order valence-electron chi connectivity index (χ0n) is 10.7. The third-order valence-corrected chi connectivity index (χ3v) is 3.58. The molecule has 21 heavy (non-hydrogen) atoms. The second kappa shape index (κ2) is 5.43. The molecule has 4 nitrogen and oxygen atoms in total. The van der Waals surface area contributed by atoms with Crippen LogP contribution >= 0.6 is 15.9 Å². The topological polar surface area (TPSA) is 63.2 Å². The molecule has 5 heteroatoms. The lowest BCUT2D eigenvalue weighted by Gasteiger charge is -2.06. The maximum absolute atomic E-state index is 10.7. The lowest BCUT2D eigenvalue weighted by molar-refractivity contribution is 0.112. The number of fused-ring (bicyclic) bond motifs is 1. The first-order valence-electron chi connectivity index (χ1n) is 6.07. The van der Waals surface area contributed by atoms with Crippen LogP contribution in [0.15, 0.2) is 51.4 Å². The number of carbonyl (C=O) groups excluding carboxylic acids is 1. The lowest BCUT2D eigenvalue weighted by Crippen LogP contribution is -1.88. The van der Waals surface area contributed by atoms with E-state index in [-0.39, 0.29) is 5.76 Å². The van der Waals surface area contributed by atoms with Crippen LogP contribution in [0.4, 0.5) is 0 Å². The molecule has 0 bridgehead atoms. The minimum absolute atomic E-state index is 0.113. The Morgan fingerprint density at radius 3 is 2.76 bits per heavy atom. The zero-order valence-corrected chi connectivity index (χ0v) is 12.3. The third-order valence-electron chi connectivity index (χ3n) is 2.96. The molecule has 3 aromatic rings. The SMILES string of the molecule is N#Cc1oc2ccccc2c1Oc1ccc(C=O)cc1Br. The van der Waals surface area contributed by atoms with Crippen LogP contribution in [0, 0.1) is 11.3 Å². The van der Waals surface area contributed by atoms with Crippen molar-refractivity contribution in [3.63, 3.8) is 0 Å². The fourth-order valence-electron chi connectivity index (χ4n) is 1.98. The number of furan rings is 1. The molecule has 0 amide bonds. The summed E-state index contributed by atoms with van der Waals surface area (Å²) < 4.78 is 11.9. The Kier molecular flexibility index (Phi) is 3.46. The summed E-state index contributed by atoms with van der Waals surface area (Å²) >= 11 is 3.35. The molecule has 0 saturated carbocycles. The molecule has 1 heterocycles. The van der Waals surface area contributed by atoms with Gasteiger partial charge in [-0.2, -0.15) is 5.26 Å². The number of nitriles is 1. The van der Waals surface area contributed by atoms with Gasteiger partial charge in [0.2, 0.25) is 5.76 Å². The second-order valence-corrected chi connectivity index (χ2v) is 5.13. The number of hydrogen-bond donors (Lipinski definition) is 0. The van der Waals surface area contributed by atoms with E-state index in [9.17, 15) is 4.79 Å². The predicted octanol–water partition coefficient (Wildman–Crippen LogP) is 4.67. The van der Waals surface area contributed by atoms with Crippen LogP contribution in [0.25, 0.3) is 11.0 Å². The van der Waals surface area contributed by atoms with E-state index in [0.29, 0.717) is 27.1 Å². The van der Waals surface area contributed by atoms with Gasteiger partial charge in [0.1, 0.15) is 23.7 Å². The summed E-state index contributed by atoms with van der Waals surface area (Å²) in [4.78, 5) is 10.7.